The Balaban J connectivity index is 1.96. The van der Waals surface area contributed by atoms with Gasteiger partial charge in [-0.2, -0.15) is 0 Å². The number of hydrogen-bond acceptors (Lipinski definition) is 2. The average Bonchev–Trinajstić information content (AvgIpc) is 2.86. The van der Waals surface area contributed by atoms with Crippen molar-refractivity contribution in [1.29, 1.82) is 0 Å². The second kappa shape index (κ2) is 4.63. The molecule has 0 bridgehead atoms. The fourth-order valence-electron chi connectivity index (χ4n) is 3.34. The first kappa shape index (κ1) is 14.7. The van der Waals surface area contributed by atoms with E-state index in [4.69, 9.17) is 0 Å². The molecule has 1 spiro atoms. The van der Waals surface area contributed by atoms with Gasteiger partial charge in [0.25, 0.3) is 5.92 Å². The highest BCUT2D eigenvalue weighted by molar-refractivity contribution is 7.94. The van der Waals surface area contributed by atoms with Gasteiger partial charge >= 0.3 is 0 Å². The predicted octanol–water partition coefficient (Wildman–Crippen LogP) is 4.25. The first-order valence-corrected chi connectivity index (χ1v) is 8.76. The first-order chi connectivity index (χ1) is 9.80. The Morgan fingerprint density at radius 3 is 2.19 bits per heavy atom. The highest BCUT2D eigenvalue weighted by Crippen LogP contribution is 2.72. The van der Waals surface area contributed by atoms with Crippen molar-refractivity contribution in [3.05, 3.63) is 40.8 Å². The summed E-state index contributed by atoms with van der Waals surface area (Å²) in [6.45, 7) is 1.85. The van der Waals surface area contributed by atoms with Crippen LogP contribution in [0, 0.1) is 12.3 Å². The topological polar surface area (TPSA) is 34.1 Å². The van der Waals surface area contributed by atoms with E-state index < -0.39 is 21.2 Å². The van der Waals surface area contributed by atoms with Crippen molar-refractivity contribution in [2.75, 3.05) is 0 Å². The molecule has 0 aliphatic heterocycles. The van der Waals surface area contributed by atoms with Gasteiger partial charge in [-0.05, 0) is 31.9 Å². The molecular formula is C16H18F2O2S. The molecule has 114 valence electrons. The molecule has 2 nitrogen and oxygen atoms in total. The summed E-state index contributed by atoms with van der Waals surface area (Å²) in [6.07, 6.45) is 3.25. The lowest BCUT2D eigenvalue weighted by Crippen LogP contribution is -2.14. The highest BCUT2D eigenvalue weighted by Gasteiger charge is 2.75. The minimum atomic E-state index is -3.80. The summed E-state index contributed by atoms with van der Waals surface area (Å²) in [5.74, 6) is -2.95. The zero-order chi connectivity index (χ0) is 15.3. The number of halogens is 2. The third-order valence-electron chi connectivity index (χ3n) is 4.72. The molecule has 0 unspecified atom stereocenters. The first-order valence-electron chi connectivity index (χ1n) is 7.22. The molecule has 0 N–H and O–H groups in total. The molecule has 0 radical (unpaired) electrons. The van der Waals surface area contributed by atoms with E-state index in [1.54, 1.807) is 12.1 Å². The van der Waals surface area contributed by atoms with E-state index in [0.29, 0.717) is 12.8 Å². The molecule has 0 amide bonds. The van der Waals surface area contributed by atoms with E-state index in [9.17, 15) is 17.2 Å². The monoisotopic (exact) mass is 312 g/mol. The van der Waals surface area contributed by atoms with E-state index in [0.717, 1.165) is 30.2 Å². The second-order valence-electron chi connectivity index (χ2n) is 6.11. The molecule has 0 atom stereocenters. The van der Waals surface area contributed by atoms with Gasteiger partial charge in [0.2, 0.25) is 0 Å². The molecule has 1 aromatic carbocycles. The maximum atomic E-state index is 14.1. The van der Waals surface area contributed by atoms with Crippen LogP contribution in [-0.4, -0.2) is 14.3 Å². The molecule has 2 aliphatic carbocycles. The van der Waals surface area contributed by atoms with E-state index in [-0.39, 0.29) is 10.5 Å². The molecular weight excluding hydrogens is 294 g/mol. The number of alkyl halides is 2. The van der Waals surface area contributed by atoms with Gasteiger partial charge in [-0.1, -0.05) is 37.0 Å². The highest BCUT2D eigenvalue weighted by atomic mass is 32.2. The van der Waals surface area contributed by atoms with E-state index in [2.05, 4.69) is 0 Å². The predicted molar refractivity (Wildman–Crippen MR) is 76.9 cm³/mol. The fraction of sp³-hybridized carbons (Fsp3) is 0.500. The van der Waals surface area contributed by atoms with E-state index in [1.807, 2.05) is 6.92 Å². The van der Waals surface area contributed by atoms with Crippen molar-refractivity contribution in [2.24, 2.45) is 5.41 Å². The second-order valence-corrected chi connectivity index (χ2v) is 7.90. The Morgan fingerprint density at radius 2 is 1.62 bits per heavy atom. The quantitative estimate of drug-likeness (QED) is 0.818. The summed E-state index contributed by atoms with van der Waals surface area (Å²) >= 11 is 0. The molecule has 2 saturated carbocycles. The van der Waals surface area contributed by atoms with Gasteiger partial charge in [0.15, 0.2) is 9.84 Å². The normalized spacial score (nSPS) is 25.2. The van der Waals surface area contributed by atoms with Gasteiger partial charge in [-0.25, -0.2) is 17.2 Å². The maximum absolute atomic E-state index is 14.1. The molecule has 2 fully saturated rings. The van der Waals surface area contributed by atoms with Gasteiger partial charge in [-0.15, -0.1) is 0 Å². The van der Waals surface area contributed by atoms with Crippen LogP contribution >= 0.6 is 0 Å². The Hall–Kier alpha value is -1.23. The van der Waals surface area contributed by atoms with Crippen LogP contribution in [0.2, 0.25) is 0 Å². The molecule has 0 saturated heterocycles. The van der Waals surface area contributed by atoms with Crippen LogP contribution in [0.3, 0.4) is 0 Å². The number of sulfone groups is 1. The number of allylic oxidation sites excluding steroid dienone is 1. The van der Waals surface area contributed by atoms with Gasteiger partial charge in [-0.3, -0.25) is 0 Å². The lowest BCUT2D eigenvalue weighted by Gasteiger charge is -2.20. The molecule has 3 rings (SSSR count). The zero-order valence-corrected chi connectivity index (χ0v) is 12.7. The van der Waals surface area contributed by atoms with E-state index >= 15 is 0 Å². The standard InChI is InChI=1S/C16H18F2O2S/c1-12-5-7-13(8-6-12)21(19,20)11-14-15(16(14,17)18)9-3-2-4-10-15/h5-8,11H,2-4,9-10H2,1H3/b14-11+. The van der Waals surface area contributed by atoms with Crippen LogP contribution in [-0.2, 0) is 9.84 Å². The summed E-state index contributed by atoms with van der Waals surface area (Å²) in [4.78, 5) is 0.0780. The van der Waals surface area contributed by atoms with Gasteiger partial charge in [0.05, 0.1) is 10.3 Å². The summed E-state index contributed by atoms with van der Waals surface area (Å²) in [7, 11) is -3.80. The van der Waals surface area contributed by atoms with Crippen LogP contribution in [0.15, 0.2) is 40.1 Å². The number of benzene rings is 1. The SMILES string of the molecule is Cc1ccc(S(=O)(=O)/C=C2/C(F)(F)C23CCCCC3)cc1. The summed E-state index contributed by atoms with van der Waals surface area (Å²) in [5, 5.41) is 0.822. The third-order valence-corrected chi connectivity index (χ3v) is 6.20. The molecule has 0 heterocycles. The molecule has 5 heteroatoms. The summed E-state index contributed by atoms with van der Waals surface area (Å²) in [5.41, 5.74) is -0.430. The number of rotatable bonds is 2. The van der Waals surface area contributed by atoms with E-state index in [1.165, 1.54) is 12.1 Å². The smallest absolute Gasteiger partial charge is 0.219 e. The lowest BCUT2D eigenvalue weighted by molar-refractivity contribution is 0.0510. The summed E-state index contributed by atoms with van der Waals surface area (Å²) < 4.78 is 52.8. The number of aryl methyl sites for hydroxylation is 1. The lowest BCUT2D eigenvalue weighted by atomic mass is 9.85. The minimum absolute atomic E-state index is 0.0780. The average molecular weight is 312 g/mol. The summed E-state index contributed by atoms with van der Waals surface area (Å²) in [6, 6.07) is 6.28. The largest absolute Gasteiger partial charge is 0.280 e. The van der Waals surface area contributed by atoms with Gasteiger partial charge < -0.3 is 0 Å². The van der Waals surface area contributed by atoms with Crippen LogP contribution in [0.25, 0.3) is 0 Å². The Kier molecular flexibility index (Phi) is 3.24. The van der Waals surface area contributed by atoms with Crippen molar-refractivity contribution in [3.63, 3.8) is 0 Å². The minimum Gasteiger partial charge on any atom is -0.219 e. The molecule has 21 heavy (non-hydrogen) atoms. The van der Waals surface area contributed by atoms with Crippen molar-refractivity contribution in [2.45, 2.75) is 49.8 Å². The van der Waals surface area contributed by atoms with Crippen molar-refractivity contribution >= 4 is 9.84 Å². The van der Waals surface area contributed by atoms with Crippen LogP contribution in [0.4, 0.5) is 8.78 Å². The maximum Gasteiger partial charge on any atom is 0.280 e. The van der Waals surface area contributed by atoms with Crippen LogP contribution < -0.4 is 0 Å². The Bertz CT molecular complexity index is 681. The molecule has 0 aromatic heterocycles. The fourth-order valence-corrected chi connectivity index (χ4v) is 4.67. The Morgan fingerprint density at radius 1 is 1.05 bits per heavy atom. The third kappa shape index (κ3) is 2.22. The van der Waals surface area contributed by atoms with Crippen LogP contribution in [0.1, 0.15) is 37.7 Å². The number of hydrogen-bond donors (Lipinski definition) is 0. The molecule has 1 aromatic rings. The molecule has 2 aliphatic rings. The van der Waals surface area contributed by atoms with Crippen molar-refractivity contribution < 1.29 is 17.2 Å². The van der Waals surface area contributed by atoms with Gasteiger partial charge in [0.1, 0.15) is 0 Å². The zero-order valence-electron chi connectivity index (χ0n) is 11.9. The van der Waals surface area contributed by atoms with Crippen molar-refractivity contribution in [3.8, 4) is 0 Å². The Labute approximate surface area is 123 Å². The van der Waals surface area contributed by atoms with Crippen LogP contribution in [0.5, 0.6) is 0 Å². The van der Waals surface area contributed by atoms with Gasteiger partial charge in [0, 0.05) is 11.0 Å². The van der Waals surface area contributed by atoms with Crippen molar-refractivity contribution in [1.82, 2.24) is 0 Å².